The van der Waals surface area contributed by atoms with E-state index in [0.717, 1.165) is 10.4 Å². The van der Waals surface area contributed by atoms with E-state index in [9.17, 15) is 14.4 Å². The number of H-pyrrole nitrogens is 2. The van der Waals surface area contributed by atoms with Gasteiger partial charge in [0.2, 0.25) is 17.8 Å². The van der Waals surface area contributed by atoms with Crippen molar-refractivity contribution in [2.75, 3.05) is 4.90 Å². The SMILES string of the molecule is Cc1[nH]n(-c2nc3ccccc3[nH]2)c(=O)c1[C@H]1CC(=O)N(c2cccc(Cl)c2C)C1=O. The van der Waals surface area contributed by atoms with Crippen molar-refractivity contribution >= 4 is 40.1 Å². The first-order chi connectivity index (χ1) is 14.9. The lowest BCUT2D eigenvalue weighted by molar-refractivity contribution is -0.121. The highest BCUT2D eigenvalue weighted by Crippen LogP contribution is 2.36. The molecule has 2 aromatic carbocycles. The summed E-state index contributed by atoms with van der Waals surface area (Å²) < 4.78 is 1.27. The summed E-state index contributed by atoms with van der Waals surface area (Å²) in [6.45, 7) is 3.46. The van der Waals surface area contributed by atoms with E-state index in [1.165, 1.54) is 4.68 Å². The molecule has 1 atom stereocenters. The molecule has 31 heavy (non-hydrogen) atoms. The number of anilines is 1. The predicted molar refractivity (Wildman–Crippen MR) is 117 cm³/mol. The molecule has 0 unspecified atom stereocenters. The zero-order valence-electron chi connectivity index (χ0n) is 16.8. The first-order valence-corrected chi connectivity index (χ1v) is 10.1. The van der Waals surface area contributed by atoms with Gasteiger partial charge in [0.15, 0.2) is 0 Å². The van der Waals surface area contributed by atoms with Crippen molar-refractivity contribution in [3.8, 4) is 5.95 Å². The lowest BCUT2D eigenvalue weighted by Gasteiger charge is -2.18. The average Bonchev–Trinajstić information content (AvgIpc) is 3.38. The minimum atomic E-state index is -0.875. The fraction of sp³-hybridized carbons (Fsp3) is 0.182. The molecule has 0 aliphatic carbocycles. The van der Waals surface area contributed by atoms with Crippen LogP contribution in [0.4, 0.5) is 5.69 Å². The average molecular weight is 436 g/mol. The maximum Gasteiger partial charge on any atom is 0.278 e. The normalized spacial score (nSPS) is 16.6. The number of aromatic nitrogens is 4. The maximum absolute atomic E-state index is 13.2. The molecule has 0 spiro atoms. The highest BCUT2D eigenvalue weighted by atomic mass is 35.5. The van der Waals surface area contributed by atoms with Gasteiger partial charge in [-0.05, 0) is 43.7 Å². The molecule has 2 N–H and O–H groups in total. The van der Waals surface area contributed by atoms with Gasteiger partial charge in [-0.1, -0.05) is 29.8 Å². The van der Waals surface area contributed by atoms with Crippen LogP contribution in [0.3, 0.4) is 0 Å². The van der Waals surface area contributed by atoms with E-state index in [4.69, 9.17) is 11.6 Å². The van der Waals surface area contributed by atoms with E-state index in [1.807, 2.05) is 24.3 Å². The summed E-state index contributed by atoms with van der Waals surface area (Å²) in [6.07, 6.45) is -0.0845. The number of fused-ring (bicyclic) bond motifs is 1. The Balaban J connectivity index is 1.57. The van der Waals surface area contributed by atoms with Crippen LogP contribution < -0.4 is 10.5 Å². The fourth-order valence-corrected chi connectivity index (χ4v) is 4.28. The van der Waals surface area contributed by atoms with E-state index < -0.39 is 17.4 Å². The molecular formula is C22H18ClN5O3. The van der Waals surface area contributed by atoms with Gasteiger partial charge < -0.3 is 4.98 Å². The van der Waals surface area contributed by atoms with Gasteiger partial charge in [0.1, 0.15) is 0 Å². The second-order valence-electron chi connectivity index (χ2n) is 7.58. The molecule has 0 saturated carbocycles. The number of carbonyl (C=O) groups is 2. The summed E-state index contributed by atoms with van der Waals surface area (Å²) in [5, 5.41) is 3.45. The number of nitrogens with one attached hydrogen (secondary N) is 2. The number of para-hydroxylation sites is 2. The molecule has 2 aromatic heterocycles. The van der Waals surface area contributed by atoms with Gasteiger partial charge in [-0.15, -0.1) is 0 Å². The predicted octanol–water partition coefficient (Wildman–Crippen LogP) is 3.36. The first kappa shape index (κ1) is 19.3. The second kappa shape index (κ2) is 6.95. The Bertz CT molecular complexity index is 1400. The highest BCUT2D eigenvalue weighted by molar-refractivity contribution is 6.32. The van der Waals surface area contributed by atoms with E-state index >= 15 is 0 Å². The lowest BCUT2D eigenvalue weighted by Crippen LogP contribution is -2.31. The molecule has 156 valence electrons. The molecule has 1 fully saturated rings. The number of hydrogen-bond acceptors (Lipinski definition) is 4. The van der Waals surface area contributed by atoms with Crippen molar-refractivity contribution < 1.29 is 9.59 Å². The minimum Gasteiger partial charge on any atom is -0.322 e. The van der Waals surface area contributed by atoms with E-state index in [1.54, 1.807) is 32.0 Å². The topological polar surface area (TPSA) is 104 Å². The molecule has 5 rings (SSSR count). The molecule has 1 aliphatic heterocycles. The van der Waals surface area contributed by atoms with E-state index in [0.29, 0.717) is 33.4 Å². The molecule has 4 aromatic rings. The molecule has 3 heterocycles. The molecule has 8 nitrogen and oxygen atoms in total. The van der Waals surface area contributed by atoms with Crippen LogP contribution in [0, 0.1) is 13.8 Å². The van der Waals surface area contributed by atoms with Crippen LogP contribution in [0.25, 0.3) is 17.0 Å². The molecule has 2 amide bonds. The van der Waals surface area contributed by atoms with Crippen LogP contribution >= 0.6 is 11.6 Å². The Morgan fingerprint density at radius 2 is 1.84 bits per heavy atom. The molecule has 1 saturated heterocycles. The zero-order valence-corrected chi connectivity index (χ0v) is 17.5. The number of hydrogen-bond donors (Lipinski definition) is 2. The van der Waals surface area contributed by atoms with Crippen LogP contribution in [-0.2, 0) is 9.59 Å². The van der Waals surface area contributed by atoms with Gasteiger partial charge in [-0.25, -0.2) is 9.88 Å². The molecule has 0 bridgehead atoms. The number of aryl methyl sites for hydroxylation is 1. The summed E-state index contributed by atoms with van der Waals surface area (Å²) in [7, 11) is 0. The number of benzene rings is 2. The monoisotopic (exact) mass is 435 g/mol. The van der Waals surface area contributed by atoms with Crippen LogP contribution in [0.2, 0.25) is 5.02 Å². The number of aromatic amines is 2. The number of amides is 2. The van der Waals surface area contributed by atoms with Gasteiger partial charge in [0.25, 0.3) is 5.56 Å². The standard InChI is InChI=1S/C22H18ClN5O3/c1-11-14(23)6-5-9-17(11)27-18(29)10-13(20(27)30)19-12(2)26-28(21(19)31)22-24-15-7-3-4-8-16(15)25-22/h3-9,13,26H,10H2,1-2H3,(H,24,25)/t13-/m1/s1. The van der Waals surface area contributed by atoms with Crippen molar-refractivity contribution in [3.63, 3.8) is 0 Å². The number of rotatable bonds is 3. The third-order valence-electron chi connectivity index (χ3n) is 5.68. The summed E-state index contributed by atoms with van der Waals surface area (Å²) in [4.78, 5) is 47.9. The van der Waals surface area contributed by atoms with Crippen LogP contribution in [0.1, 0.15) is 29.2 Å². The molecule has 0 radical (unpaired) electrons. The Morgan fingerprint density at radius 3 is 2.61 bits per heavy atom. The molecule has 1 aliphatic rings. The largest absolute Gasteiger partial charge is 0.322 e. The van der Waals surface area contributed by atoms with Crippen LogP contribution in [-0.4, -0.2) is 31.6 Å². The summed E-state index contributed by atoms with van der Waals surface area (Å²) >= 11 is 6.18. The van der Waals surface area contributed by atoms with Gasteiger partial charge in [-0.3, -0.25) is 19.5 Å². The van der Waals surface area contributed by atoms with Crippen molar-refractivity contribution in [2.45, 2.75) is 26.2 Å². The minimum absolute atomic E-state index is 0.0845. The lowest BCUT2D eigenvalue weighted by atomic mass is 9.98. The van der Waals surface area contributed by atoms with Crippen LogP contribution in [0.5, 0.6) is 0 Å². The quantitative estimate of drug-likeness (QED) is 0.481. The van der Waals surface area contributed by atoms with Crippen molar-refractivity contribution in [2.24, 2.45) is 0 Å². The third-order valence-corrected chi connectivity index (χ3v) is 6.09. The van der Waals surface area contributed by atoms with Gasteiger partial charge in [-0.2, -0.15) is 4.68 Å². The Kier molecular flexibility index (Phi) is 4.33. The highest BCUT2D eigenvalue weighted by Gasteiger charge is 2.43. The fourth-order valence-electron chi connectivity index (χ4n) is 4.11. The Hall–Kier alpha value is -3.65. The third kappa shape index (κ3) is 2.90. The number of carbonyl (C=O) groups excluding carboxylic acids is 2. The summed E-state index contributed by atoms with van der Waals surface area (Å²) in [5.41, 5.74) is 2.95. The number of nitrogens with zero attached hydrogens (tertiary/aromatic N) is 3. The summed E-state index contributed by atoms with van der Waals surface area (Å²) in [5.74, 6) is -1.36. The number of imide groups is 1. The summed E-state index contributed by atoms with van der Waals surface area (Å²) in [6, 6.07) is 12.5. The van der Waals surface area contributed by atoms with Crippen molar-refractivity contribution in [1.29, 1.82) is 0 Å². The van der Waals surface area contributed by atoms with Crippen LogP contribution in [0.15, 0.2) is 47.3 Å². The molecular weight excluding hydrogens is 418 g/mol. The molecule has 9 heteroatoms. The van der Waals surface area contributed by atoms with Gasteiger partial charge in [0, 0.05) is 17.1 Å². The van der Waals surface area contributed by atoms with Crippen molar-refractivity contribution in [3.05, 3.63) is 74.7 Å². The van der Waals surface area contributed by atoms with Gasteiger partial charge in [0.05, 0.1) is 28.2 Å². The maximum atomic E-state index is 13.2. The Labute approximate surface area is 181 Å². The smallest absolute Gasteiger partial charge is 0.278 e. The van der Waals surface area contributed by atoms with E-state index in [2.05, 4.69) is 15.1 Å². The van der Waals surface area contributed by atoms with E-state index in [-0.39, 0.29) is 17.9 Å². The van der Waals surface area contributed by atoms with Crippen molar-refractivity contribution in [1.82, 2.24) is 19.7 Å². The Morgan fingerprint density at radius 1 is 1.06 bits per heavy atom. The zero-order chi connectivity index (χ0) is 21.9. The second-order valence-corrected chi connectivity index (χ2v) is 7.98. The number of imidazole rings is 1. The first-order valence-electron chi connectivity index (χ1n) is 9.75. The number of halogens is 1. The van der Waals surface area contributed by atoms with Gasteiger partial charge >= 0.3 is 0 Å².